The highest BCUT2D eigenvalue weighted by Gasteiger charge is 2.10. The average molecular weight is 347 g/mol. The minimum absolute atomic E-state index is 0.199. The zero-order chi connectivity index (χ0) is 15.4. The van der Waals surface area contributed by atoms with E-state index in [4.69, 9.17) is 5.26 Å². The Morgan fingerprint density at radius 2 is 1.86 bits per heavy atom. The Balaban J connectivity index is 2.10. The Hall–Kier alpha value is -1.86. The highest BCUT2D eigenvalue weighted by molar-refractivity contribution is 9.10. The number of hydrogen-bond acceptors (Lipinski definition) is 2. The summed E-state index contributed by atoms with van der Waals surface area (Å²) >= 11 is 3.11. The van der Waals surface area contributed by atoms with Crippen molar-refractivity contribution in [1.82, 2.24) is 0 Å². The number of anilines is 1. The highest BCUT2D eigenvalue weighted by Crippen LogP contribution is 2.27. The van der Waals surface area contributed by atoms with Gasteiger partial charge in [-0.1, -0.05) is 38.1 Å². The second-order valence-corrected chi connectivity index (χ2v) is 5.94. The fraction of sp³-hybridized carbons (Fsp3) is 0.235. The van der Waals surface area contributed by atoms with Crippen molar-refractivity contribution in [3.63, 3.8) is 0 Å². The fourth-order valence-corrected chi connectivity index (χ4v) is 2.42. The fourth-order valence-electron chi connectivity index (χ4n) is 1.99. The van der Waals surface area contributed by atoms with E-state index in [2.05, 4.69) is 47.2 Å². The van der Waals surface area contributed by atoms with Crippen molar-refractivity contribution in [3.8, 4) is 6.07 Å². The Morgan fingerprint density at radius 1 is 1.19 bits per heavy atom. The van der Waals surface area contributed by atoms with Gasteiger partial charge in [0.25, 0.3) is 0 Å². The van der Waals surface area contributed by atoms with E-state index in [9.17, 15) is 4.39 Å². The SMILES string of the molecule is CC(C)c1ccc(CNc2ccc(C#N)c(Br)c2F)cc1. The summed E-state index contributed by atoms with van der Waals surface area (Å²) < 4.78 is 14.3. The summed E-state index contributed by atoms with van der Waals surface area (Å²) in [5.74, 6) is 0.0618. The van der Waals surface area contributed by atoms with Crippen molar-refractivity contribution in [3.05, 3.63) is 63.4 Å². The normalized spacial score (nSPS) is 10.5. The maximum atomic E-state index is 14.1. The molecule has 0 radical (unpaired) electrons. The summed E-state index contributed by atoms with van der Waals surface area (Å²) in [6.45, 7) is 4.83. The van der Waals surface area contributed by atoms with E-state index in [1.165, 1.54) is 5.56 Å². The topological polar surface area (TPSA) is 35.8 Å². The van der Waals surface area contributed by atoms with Crippen LogP contribution in [0.25, 0.3) is 0 Å². The van der Waals surface area contributed by atoms with Gasteiger partial charge in [-0.05, 0) is 45.1 Å². The molecular weight excluding hydrogens is 331 g/mol. The van der Waals surface area contributed by atoms with Crippen molar-refractivity contribution in [2.75, 3.05) is 5.32 Å². The number of nitriles is 1. The Bertz CT molecular complexity index is 672. The summed E-state index contributed by atoms with van der Waals surface area (Å²) in [5, 5.41) is 11.9. The molecule has 0 spiro atoms. The molecular formula is C17H16BrFN2. The van der Waals surface area contributed by atoms with Crippen LogP contribution in [-0.2, 0) is 6.54 Å². The van der Waals surface area contributed by atoms with Crippen molar-refractivity contribution in [2.24, 2.45) is 0 Å². The first kappa shape index (κ1) is 15.5. The number of rotatable bonds is 4. The first-order valence-electron chi connectivity index (χ1n) is 6.73. The smallest absolute Gasteiger partial charge is 0.161 e. The maximum absolute atomic E-state index is 14.1. The molecule has 0 amide bonds. The van der Waals surface area contributed by atoms with E-state index in [0.29, 0.717) is 23.7 Å². The minimum Gasteiger partial charge on any atom is -0.379 e. The van der Waals surface area contributed by atoms with Gasteiger partial charge < -0.3 is 5.32 Å². The van der Waals surface area contributed by atoms with Crippen LogP contribution in [0, 0.1) is 17.1 Å². The lowest BCUT2D eigenvalue weighted by Gasteiger charge is -2.11. The summed E-state index contributed by atoms with van der Waals surface area (Å²) in [4.78, 5) is 0. The first-order valence-corrected chi connectivity index (χ1v) is 7.53. The van der Waals surface area contributed by atoms with Gasteiger partial charge in [0.2, 0.25) is 0 Å². The van der Waals surface area contributed by atoms with Crippen molar-refractivity contribution in [2.45, 2.75) is 26.3 Å². The molecule has 0 heterocycles. The predicted octanol–water partition coefficient (Wildman–Crippen LogP) is 5.20. The monoisotopic (exact) mass is 346 g/mol. The molecule has 0 saturated carbocycles. The molecule has 21 heavy (non-hydrogen) atoms. The third-order valence-corrected chi connectivity index (χ3v) is 4.11. The van der Waals surface area contributed by atoms with Crippen LogP contribution in [-0.4, -0.2) is 0 Å². The van der Waals surface area contributed by atoms with Crippen LogP contribution < -0.4 is 5.32 Å². The molecule has 0 aliphatic rings. The van der Waals surface area contributed by atoms with Gasteiger partial charge in [0.15, 0.2) is 5.82 Å². The van der Waals surface area contributed by atoms with Gasteiger partial charge >= 0.3 is 0 Å². The van der Waals surface area contributed by atoms with Gasteiger partial charge in [0.1, 0.15) is 6.07 Å². The molecule has 0 saturated heterocycles. The maximum Gasteiger partial charge on any atom is 0.161 e. The molecule has 0 aliphatic heterocycles. The molecule has 0 bridgehead atoms. The van der Waals surface area contributed by atoms with Crippen LogP contribution in [0.1, 0.15) is 36.5 Å². The van der Waals surface area contributed by atoms with Gasteiger partial charge in [-0.25, -0.2) is 4.39 Å². The van der Waals surface area contributed by atoms with Gasteiger partial charge in [-0.3, -0.25) is 0 Å². The number of benzene rings is 2. The van der Waals surface area contributed by atoms with E-state index in [0.717, 1.165) is 5.56 Å². The first-order chi connectivity index (χ1) is 10.0. The summed E-state index contributed by atoms with van der Waals surface area (Å²) in [5.41, 5.74) is 3.04. The molecule has 0 unspecified atom stereocenters. The van der Waals surface area contributed by atoms with Crippen LogP contribution in [0.4, 0.5) is 10.1 Å². The second kappa shape index (κ2) is 6.73. The van der Waals surface area contributed by atoms with E-state index in [-0.39, 0.29) is 4.47 Å². The van der Waals surface area contributed by atoms with Crippen LogP contribution in [0.15, 0.2) is 40.9 Å². The number of hydrogen-bond donors (Lipinski definition) is 1. The van der Waals surface area contributed by atoms with E-state index < -0.39 is 5.82 Å². The lowest BCUT2D eigenvalue weighted by molar-refractivity contribution is 0.623. The molecule has 4 heteroatoms. The van der Waals surface area contributed by atoms with Crippen LogP contribution in [0.3, 0.4) is 0 Å². The van der Waals surface area contributed by atoms with E-state index in [1.807, 2.05) is 18.2 Å². The van der Waals surface area contributed by atoms with Crippen LogP contribution in [0.2, 0.25) is 0 Å². The average Bonchev–Trinajstić information content (AvgIpc) is 2.49. The summed E-state index contributed by atoms with van der Waals surface area (Å²) in [7, 11) is 0. The molecule has 1 N–H and O–H groups in total. The quantitative estimate of drug-likeness (QED) is 0.826. The lowest BCUT2D eigenvalue weighted by atomic mass is 10.0. The molecule has 0 fully saturated rings. The second-order valence-electron chi connectivity index (χ2n) is 5.15. The van der Waals surface area contributed by atoms with Crippen LogP contribution >= 0.6 is 15.9 Å². The molecule has 108 valence electrons. The van der Waals surface area contributed by atoms with Gasteiger partial charge in [-0.2, -0.15) is 5.26 Å². The highest BCUT2D eigenvalue weighted by atomic mass is 79.9. The van der Waals surface area contributed by atoms with E-state index >= 15 is 0 Å². The summed E-state index contributed by atoms with van der Waals surface area (Å²) in [6, 6.07) is 13.4. The summed E-state index contributed by atoms with van der Waals surface area (Å²) in [6.07, 6.45) is 0. The zero-order valence-corrected chi connectivity index (χ0v) is 13.5. The minimum atomic E-state index is -0.437. The molecule has 0 atom stereocenters. The van der Waals surface area contributed by atoms with Gasteiger partial charge in [-0.15, -0.1) is 0 Å². The van der Waals surface area contributed by atoms with Crippen molar-refractivity contribution >= 4 is 21.6 Å². The predicted molar refractivity (Wildman–Crippen MR) is 86.7 cm³/mol. The molecule has 2 aromatic carbocycles. The number of nitrogens with zero attached hydrogens (tertiary/aromatic N) is 1. The molecule has 2 rings (SSSR count). The van der Waals surface area contributed by atoms with Crippen molar-refractivity contribution < 1.29 is 4.39 Å². The molecule has 2 aromatic rings. The molecule has 0 aliphatic carbocycles. The standard InChI is InChI=1S/C17H16BrFN2/c1-11(2)13-5-3-12(4-6-13)10-21-15-8-7-14(9-20)16(18)17(15)19/h3-8,11,21H,10H2,1-2H3. The number of halogens is 2. The molecule has 0 aromatic heterocycles. The number of nitrogens with one attached hydrogen (secondary N) is 1. The Kier molecular flexibility index (Phi) is 4.98. The third-order valence-electron chi connectivity index (χ3n) is 3.33. The molecule has 2 nitrogen and oxygen atoms in total. The largest absolute Gasteiger partial charge is 0.379 e. The van der Waals surface area contributed by atoms with E-state index in [1.54, 1.807) is 12.1 Å². The van der Waals surface area contributed by atoms with Crippen LogP contribution in [0.5, 0.6) is 0 Å². The van der Waals surface area contributed by atoms with Gasteiger partial charge in [0, 0.05) is 6.54 Å². The Morgan fingerprint density at radius 3 is 2.43 bits per heavy atom. The third kappa shape index (κ3) is 3.62. The zero-order valence-electron chi connectivity index (χ0n) is 12.0. The van der Waals surface area contributed by atoms with Crippen molar-refractivity contribution in [1.29, 1.82) is 5.26 Å². The lowest BCUT2D eigenvalue weighted by Crippen LogP contribution is -2.02. The Labute approximate surface area is 132 Å². The van der Waals surface area contributed by atoms with Gasteiger partial charge in [0.05, 0.1) is 15.7 Å².